The molecule has 0 saturated carbocycles. The van der Waals surface area contributed by atoms with Crippen molar-refractivity contribution in [2.75, 3.05) is 57.1 Å². The summed E-state index contributed by atoms with van der Waals surface area (Å²) in [5, 5.41) is 2.81. The molecule has 5 rings (SSSR count). The van der Waals surface area contributed by atoms with Crippen molar-refractivity contribution >= 4 is 29.1 Å². The van der Waals surface area contributed by atoms with Gasteiger partial charge in [0.05, 0.1) is 12.7 Å². The molecular formula is C28H29ClF3N5O2. The molecule has 3 heterocycles. The van der Waals surface area contributed by atoms with Gasteiger partial charge in [0.1, 0.15) is 11.6 Å². The number of benzene rings is 2. The molecule has 0 bridgehead atoms. The van der Waals surface area contributed by atoms with Crippen LogP contribution in [0.15, 0.2) is 48.7 Å². The van der Waals surface area contributed by atoms with Gasteiger partial charge in [0.2, 0.25) is 0 Å². The zero-order valence-corrected chi connectivity index (χ0v) is 22.4. The molecule has 0 radical (unpaired) electrons. The highest BCUT2D eigenvalue weighted by molar-refractivity contribution is 6.33. The number of amides is 2. The fraction of sp³-hybridized carbons (Fsp3) is 0.357. The summed E-state index contributed by atoms with van der Waals surface area (Å²) in [6, 6.07) is 10.3. The molecule has 0 unspecified atom stereocenters. The molecule has 2 aliphatic heterocycles. The van der Waals surface area contributed by atoms with Crippen LogP contribution in [0.3, 0.4) is 0 Å². The third kappa shape index (κ3) is 5.77. The maximum Gasteiger partial charge on any atom is 0.416 e. The number of fused-ring (bicyclic) bond motifs is 1. The number of rotatable bonds is 4. The highest BCUT2D eigenvalue weighted by Gasteiger charge is 2.31. The summed E-state index contributed by atoms with van der Waals surface area (Å²) < 4.78 is 44.5. The SMILES string of the molecule is COc1ccc(N2CCN(C)CC2)c2c1CCN(C(=O)Nc1ccc(-c3ccc(C(F)(F)F)cc3Cl)cn1)C2. The smallest absolute Gasteiger partial charge is 0.416 e. The van der Waals surface area contributed by atoms with Crippen LogP contribution in [0.4, 0.5) is 29.5 Å². The third-order valence-corrected chi connectivity index (χ3v) is 7.61. The standard InChI is InChI=1S/C28H29ClF3N5O2/c1-35-11-13-36(14-12-35)24-6-7-25(39-2)21-9-10-37(17-22(21)24)27(38)34-26-8-3-18(16-33-26)20-5-4-19(15-23(20)29)28(30,31)32/h3-8,15-16H,9-14,17H2,1-2H3,(H,33,34,38). The number of halogens is 4. The first-order valence-electron chi connectivity index (χ1n) is 12.7. The molecule has 2 aromatic carbocycles. The Balaban J connectivity index is 1.30. The lowest BCUT2D eigenvalue weighted by Crippen LogP contribution is -2.46. The average Bonchev–Trinajstić information content (AvgIpc) is 2.92. The Morgan fingerprint density at radius 1 is 1.03 bits per heavy atom. The molecule has 1 saturated heterocycles. The van der Waals surface area contributed by atoms with Crippen LogP contribution in [0, 0.1) is 0 Å². The van der Waals surface area contributed by atoms with E-state index in [1.165, 1.54) is 12.3 Å². The van der Waals surface area contributed by atoms with Crippen LogP contribution in [0.25, 0.3) is 11.1 Å². The largest absolute Gasteiger partial charge is 0.496 e. The van der Waals surface area contributed by atoms with Gasteiger partial charge in [-0.05, 0) is 49.9 Å². The Labute approximate surface area is 230 Å². The van der Waals surface area contributed by atoms with Crippen LogP contribution >= 0.6 is 11.6 Å². The molecule has 39 heavy (non-hydrogen) atoms. The summed E-state index contributed by atoms with van der Waals surface area (Å²) in [6.07, 6.45) is -2.32. The van der Waals surface area contributed by atoms with Crippen molar-refractivity contribution in [2.24, 2.45) is 0 Å². The quantitative estimate of drug-likeness (QED) is 0.440. The van der Waals surface area contributed by atoms with Crippen molar-refractivity contribution < 1.29 is 22.7 Å². The van der Waals surface area contributed by atoms with Crippen molar-refractivity contribution in [3.05, 3.63) is 70.4 Å². The van der Waals surface area contributed by atoms with Crippen LogP contribution in [-0.2, 0) is 19.1 Å². The number of nitrogens with one attached hydrogen (secondary N) is 1. The predicted octanol–water partition coefficient (Wildman–Crippen LogP) is 5.77. The number of methoxy groups -OCH3 is 1. The number of hydrogen-bond donors (Lipinski definition) is 1. The summed E-state index contributed by atoms with van der Waals surface area (Å²) in [5.74, 6) is 1.17. The topological polar surface area (TPSA) is 60.9 Å². The van der Waals surface area contributed by atoms with E-state index in [4.69, 9.17) is 16.3 Å². The Hall–Kier alpha value is -3.50. The highest BCUT2D eigenvalue weighted by Crippen LogP contribution is 2.37. The monoisotopic (exact) mass is 559 g/mol. The molecule has 0 atom stereocenters. The number of likely N-dealkylation sites (N-methyl/N-ethyl adjacent to an activating group) is 1. The Bertz CT molecular complexity index is 1360. The van der Waals surface area contributed by atoms with Crippen molar-refractivity contribution in [2.45, 2.75) is 19.1 Å². The van der Waals surface area contributed by atoms with Gasteiger partial charge >= 0.3 is 12.2 Å². The van der Waals surface area contributed by atoms with Crippen LogP contribution < -0.4 is 15.0 Å². The predicted molar refractivity (Wildman–Crippen MR) is 146 cm³/mol. The Morgan fingerprint density at radius 3 is 2.44 bits per heavy atom. The first kappa shape index (κ1) is 27.1. The summed E-state index contributed by atoms with van der Waals surface area (Å²) >= 11 is 6.12. The van der Waals surface area contributed by atoms with E-state index in [9.17, 15) is 18.0 Å². The Kier molecular flexibility index (Phi) is 7.59. The number of nitrogens with zero attached hydrogens (tertiary/aromatic N) is 4. The summed E-state index contributed by atoms with van der Waals surface area (Å²) in [5.41, 5.74) is 3.52. The molecule has 1 aromatic heterocycles. The number of anilines is 2. The average molecular weight is 560 g/mol. The van der Waals surface area contributed by atoms with Gasteiger partial charge in [-0.3, -0.25) is 5.32 Å². The zero-order valence-electron chi connectivity index (χ0n) is 21.7. The minimum Gasteiger partial charge on any atom is -0.496 e. The lowest BCUT2D eigenvalue weighted by atomic mass is 9.96. The van der Waals surface area contributed by atoms with E-state index in [0.29, 0.717) is 36.5 Å². The number of hydrogen-bond acceptors (Lipinski definition) is 5. The minimum absolute atomic E-state index is 0.0259. The molecule has 0 spiro atoms. The van der Waals surface area contributed by atoms with Gasteiger partial charge in [-0.1, -0.05) is 17.7 Å². The van der Waals surface area contributed by atoms with E-state index in [0.717, 1.165) is 60.9 Å². The van der Waals surface area contributed by atoms with E-state index in [1.54, 1.807) is 24.1 Å². The zero-order chi connectivity index (χ0) is 27.7. The van der Waals surface area contributed by atoms with Crippen LogP contribution in [0.2, 0.25) is 5.02 Å². The minimum atomic E-state index is -4.47. The fourth-order valence-corrected chi connectivity index (χ4v) is 5.37. The molecule has 206 valence electrons. The molecular weight excluding hydrogens is 531 g/mol. The molecule has 2 amide bonds. The fourth-order valence-electron chi connectivity index (χ4n) is 5.08. The lowest BCUT2D eigenvalue weighted by Gasteiger charge is -2.38. The van der Waals surface area contributed by atoms with Gasteiger partial charge < -0.3 is 19.4 Å². The lowest BCUT2D eigenvalue weighted by molar-refractivity contribution is -0.137. The highest BCUT2D eigenvalue weighted by atomic mass is 35.5. The maximum atomic E-state index is 13.2. The second-order valence-electron chi connectivity index (χ2n) is 9.76. The molecule has 3 aromatic rings. The first-order chi connectivity index (χ1) is 18.6. The van der Waals surface area contributed by atoms with Gasteiger partial charge in [-0.25, -0.2) is 9.78 Å². The number of pyridine rings is 1. The number of carbonyl (C=O) groups excluding carboxylic acids is 1. The summed E-state index contributed by atoms with van der Waals surface area (Å²) in [7, 11) is 3.78. The number of carbonyl (C=O) groups is 1. The van der Waals surface area contributed by atoms with Crippen molar-refractivity contribution in [3.8, 4) is 16.9 Å². The van der Waals surface area contributed by atoms with E-state index < -0.39 is 11.7 Å². The van der Waals surface area contributed by atoms with E-state index >= 15 is 0 Å². The first-order valence-corrected chi connectivity index (χ1v) is 13.0. The second kappa shape index (κ2) is 10.9. The summed E-state index contributed by atoms with van der Waals surface area (Å²) in [6.45, 7) is 4.76. The van der Waals surface area contributed by atoms with Crippen LogP contribution in [0.5, 0.6) is 5.75 Å². The van der Waals surface area contributed by atoms with Gasteiger partial charge in [-0.15, -0.1) is 0 Å². The van der Waals surface area contributed by atoms with Gasteiger partial charge in [0, 0.05) is 78.4 Å². The molecule has 2 aliphatic rings. The molecule has 1 fully saturated rings. The van der Waals surface area contributed by atoms with Gasteiger partial charge in [-0.2, -0.15) is 13.2 Å². The van der Waals surface area contributed by atoms with Gasteiger partial charge in [0.15, 0.2) is 0 Å². The van der Waals surface area contributed by atoms with Crippen molar-refractivity contribution in [1.82, 2.24) is 14.8 Å². The van der Waals surface area contributed by atoms with Crippen LogP contribution in [0.1, 0.15) is 16.7 Å². The maximum absolute atomic E-state index is 13.2. The van der Waals surface area contributed by atoms with Crippen LogP contribution in [-0.4, -0.2) is 67.7 Å². The number of alkyl halides is 3. The van der Waals surface area contributed by atoms with Gasteiger partial charge in [0.25, 0.3) is 0 Å². The number of urea groups is 1. The van der Waals surface area contributed by atoms with E-state index in [1.807, 2.05) is 6.07 Å². The number of ether oxygens (including phenoxy) is 1. The molecule has 0 aliphatic carbocycles. The molecule has 7 nitrogen and oxygen atoms in total. The Morgan fingerprint density at radius 2 is 1.79 bits per heavy atom. The van der Waals surface area contributed by atoms with E-state index in [2.05, 4.69) is 33.2 Å². The van der Waals surface area contributed by atoms with Crippen molar-refractivity contribution in [3.63, 3.8) is 0 Å². The third-order valence-electron chi connectivity index (χ3n) is 7.30. The number of aromatic nitrogens is 1. The normalized spacial score (nSPS) is 16.2. The second-order valence-corrected chi connectivity index (χ2v) is 10.2. The molecule has 11 heteroatoms. The summed E-state index contributed by atoms with van der Waals surface area (Å²) in [4.78, 5) is 23.9. The number of piperazine rings is 1. The molecule has 1 N–H and O–H groups in total. The van der Waals surface area contributed by atoms with Crippen molar-refractivity contribution in [1.29, 1.82) is 0 Å². The van der Waals surface area contributed by atoms with E-state index in [-0.39, 0.29) is 11.1 Å².